The van der Waals surface area contributed by atoms with Gasteiger partial charge in [-0.3, -0.25) is 0 Å². The molecule has 19 heavy (non-hydrogen) atoms. The van der Waals surface area contributed by atoms with Crippen LogP contribution in [0.15, 0.2) is 24.3 Å². The lowest BCUT2D eigenvalue weighted by Crippen LogP contribution is -2.21. The topological polar surface area (TPSA) is 15.3 Å². The molecule has 0 aromatic heterocycles. The van der Waals surface area contributed by atoms with Crippen molar-refractivity contribution in [3.05, 3.63) is 30.1 Å². The minimum Gasteiger partial charge on any atom is -0.375 e. The molecule has 0 saturated carbocycles. The number of benzene rings is 1. The molecule has 0 unspecified atom stereocenters. The van der Waals surface area contributed by atoms with Crippen LogP contribution in [0.25, 0.3) is 0 Å². The summed E-state index contributed by atoms with van der Waals surface area (Å²) >= 11 is 0. The lowest BCUT2D eigenvalue weighted by molar-refractivity contribution is 0.530. The third kappa shape index (κ3) is 7.16. The van der Waals surface area contributed by atoms with E-state index in [0.717, 1.165) is 37.7 Å². The highest BCUT2D eigenvalue weighted by Gasteiger charge is 2.01. The van der Waals surface area contributed by atoms with Gasteiger partial charge < -0.3 is 10.2 Å². The summed E-state index contributed by atoms with van der Waals surface area (Å²) in [5.41, 5.74) is 0.956. The van der Waals surface area contributed by atoms with E-state index >= 15 is 0 Å². The lowest BCUT2D eigenvalue weighted by Gasteiger charge is -2.19. The highest BCUT2D eigenvalue weighted by atomic mass is 19.1. The molecule has 0 saturated heterocycles. The van der Waals surface area contributed by atoms with Crippen molar-refractivity contribution < 1.29 is 4.39 Å². The highest BCUT2D eigenvalue weighted by molar-refractivity contribution is 5.45. The van der Waals surface area contributed by atoms with Gasteiger partial charge in [-0.15, -0.1) is 0 Å². The summed E-state index contributed by atoms with van der Waals surface area (Å²) in [6.07, 6.45) is 3.57. The molecule has 0 spiro atoms. The molecule has 0 radical (unpaired) electrons. The molecule has 2 nitrogen and oxygen atoms in total. The van der Waals surface area contributed by atoms with Crippen LogP contribution in [-0.4, -0.2) is 26.7 Å². The summed E-state index contributed by atoms with van der Waals surface area (Å²) < 4.78 is 13.1. The Morgan fingerprint density at radius 3 is 2.68 bits per heavy atom. The molecule has 108 valence electrons. The third-order valence-corrected chi connectivity index (χ3v) is 3.15. The Labute approximate surface area is 117 Å². The van der Waals surface area contributed by atoms with Crippen molar-refractivity contribution in [2.45, 2.75) is 33.1 Å². The van der Waals surface area contributed by atoms with E-state index in [0.29, 0.717) is 0 Å². The highest BCUT2D eigenvalue weighted by Crippen LogP contribution is 2.14. The minimum atomic E-state index is -0.165. The molecule has 0 atom stereocenters. The molecule has 1 aromatic rings. The quantitative estimate of drug-likeness (QED) is 0.686. The van der Waals surface area contributed by atoms with Crippen molar-refractivity contribution in [1.29, 1.82) is 0 Å². The fourth-order valence-corrected chi connectivity index (χ4v) is 2.01. The maximum Gasteiger partial charge on any atom is 0.125 e. The Balaban J connectivity index is 2.09. The molecule has 0 aliphatic carbocycles. The second kappa shape index (κ2) is 8.92. The Bertz CT molecular complexity index is 352. The van der Waals surface area contributed by atoms with E-state index in [1.807, 2.05) is 13.1 Å². The number of unbranched alkanes of at least 4 members (excludes halogenated alkanes) is 2. The van der Waals surface area contributed by atoms with E-state index in [9.17, 15) is 4.39 Å². The zero-order valence-corrected chi connectivity index (χ0v) is 12.5. The van der Waals surface area contributed by atoms with Gasteiger partial charge in [-0.1, -0.05) is 26.3 Å². The SMILES string of the molecule is CC(C)CNCCCCCN(C)c1cccc(F)c1. The number of rotatable bonds is 9. The van der Waals surface area contributed by atoms with Crippen LogP contribution in [0.5, 0.6) is 0 Å². The minimum absolute atomic E-state index is 0.165. The van der Waals surface area contributed by atoms with Gasteiger partial charge in [-0.2, -0.15) is 0 Å². The zero-order valence-electron chi connectivity index (χ0n) is 12.5. The second-order valence-corrected chi connectivity index (χ2v) is 5.56. The first kappa shape index (κ1) is 16.0. The second-order valence-electron chi connectivity index (χ2n) is 5.56. The molecule has 0 bridgehead atoms. The predicted octanol–water partition coefficient (Wildman–Crippen LogP) is 3.68. The first-order chi connectivity index (χ1) is 9.09. The number of nitrogens with zero attached hydrogens (tertiary/aromatic N) is 1. The monoisotopic (exact) mass is 266 g/mol. The molecule has 1 rings (SSSR count). The predicted molar refractivity (Wildman–Crippen MR) is 81.2 cm³/mol. The number of anilines is 1. The summed E-state index contributed by atoms with van der Waals surface area (Å²) in [5, 5.41) is 3.45. The largest absolute Gasteiger partial charge is 0.375 e. The van der Waals surface area contributed by atoms with Crippen LogP contribution in [0.4, 0.5) is 10.1 Å². The lowest BCUT2D eigenvalue weighted by atomic mass is 10.2. The summed E-state index contributed by atoms with van der Waals surface area (Å²) in [4.78, 5) is 2.12. The van der Waals surface area contributed by atoms with Gasteiger partial charge >= 0.3 is 0 Å². The third-order valence-electron chi connectivity index (χ3n) is 3.15. The molecule has 0 heterocycles. The van der Waals surface area contributed by atoms with Gasteiger partial charge in [0.2, 0.25) is 0 Å². The molecular weight excluding hydrogens is 239 g/mol. The molecule has 1 aromatic carbocycles. The van der Waals surface area contributed by atoms with E-state index in [1.54, 1.807) is 12.1 Å². The van der Waals surface area contributed by atoms with Crippen molar-refractivity contribution in [2.75, 3.05) is 31.6 Å². The summed E-state index contributed by atoms with van der Waals surface area (Å²) in [6.45, 7) is 7.63. The average molecular weight is 266 g/mol. The Morgan fingerprint density at radius 2 is 2.00 bits per heavy atom. The zero-order chi connectivity index (χ0) is 14.1. The van der Waals surface area contributed by atoms with E-state index in [1.165, 1.54) is 18.9 Å². The summed E-state index contributed by atoms with van der Waals surface area (Å²) in [6, 6.07) is 6.78. The van der Waals surface area contributed by atoms with E-state index in [4.69, 9.17) is 0 Å². The van der Waals surface area contributed by atoms with Crippen LogP contribution in [0.1, 0.15) is 33.1 Å². The van der Waals surface area contributed by atoms with Crippen molar-refractivity contribution >= 4 is 5.69 Å². The number of halogens is 1. The van der Waals surface area contributed by atoms with Crippen molar-refractivity contribution in [1.82, 2.24) is 5.32 Å². The average Bonchev–Trinajstić information content (AvgIpc) is 2.37. The van der Waals surface area contributed by atoms with Gasteiger partial charge in [0.25, 0.3) is 0 Å². The molecule has 0 aliphatic heterocycles. The van der Waals surface area contributed by atoms with Crippen molar-refractivity contribution in [3.63, 3.8) is 0 Å². The van der Waals surface area contributed by atoms with Gasteiger partial charge in [-0.25, -0.2) is 4.39 Å². The first-order valence-electron chi connectivity index (χ1n) is 7.27. The maximum absolute atomic E-state index is 13.1. The fraction of sp³-hybridized carbons (Fsp3) is 0.625. The van der Waals surface area contributed by atoms with Crippen LogP contribution in [0.3, 0.4) is 0 Å². The Kier molecular flexibility index (Phi) is 7.49. The number of hydrogen-bond donors (Lipinski definition) is 1. The van der Waals surface area contributed by atoms with Gasteiger partial charge in [0, 0.05) is 19.3 Å². The van der Waals surface area contributed by atoms with Crippen LogP contribution in [0, 0.1) is 11.7 Å². The van der Waals surface area contributed by atoms with Crippen LogP contribution in [0.2, 0.25) is 0 Å². The molecule has 0 aliphatic rings. The summed E-state index contributed by atoms with van der Waals surface area (Å²) in [7, 11) is 2.02. The van der Waals surface area contributed by atoms with Crippen LogP contribution in [-0.2, 0) is 0 Å². The smallest absolute Gasteiger partial charge is 0.125 e. The molecule has 0 fully saturated rings. The van der Waals surface area contributed by atoms with Crippen LogP contribution < -0.4 is 10.2 Å². The molecule has 0 amide bonds. The van der Waals surface area contributed by atoms with Gasteiger partial charge in [0.15, 0.2) is 0 Å². The van der Waals surface area contributed by atoms with E-state index in [-0.39, 0.29) is 5.82 Å². The first-order valence-corrected chi connectivity index (χ1v) is 7.27. The number of nitrogens with one attached hydrogen (secondary N) is 1. The van der Waals surface area contributed by atoms with Crippen molar-refractivity contribution in [3.8, 4) is 0 Å². The van der Waals surface area contributed by atoms with Gasteiger partial charge in [-0.05, 0) is 50.0 Å². The van der Waals surface area contributed by atoms with Gasteiger partial charge in [0.05, 0.1) is 0 Å². The molecule has 3 heteroatoms. The normalized spacial score (nSPS) is 11.0. The maximum atomic E-state index is 13.1. The van der Waals surface area contributed by atoms with Crippen molar-refractivity contribution in [2.24, 2.45) is 5.92 Å². The standard InChI is InChI=1S/C16H27FN2/c1-14(2)13-18-10-5-4-6-11-19(3)16-9-7-8-15(17)12-16/h7-9,12,14,18H,4-6,10-11,13H2,1-3H3. The molecular formula is C16H27FN2. The summed E-state index contributed by atoms with van der Waals surface area (Å²) in [5.74, 6) is 0.557. The van der Waals surface area contributed by atoms with E-state index < -0.39 is 0 Å². The van der Waals surface area contributed by atoms with Gasteiger partial charge in [0.1, 0.15) is 5.82 Å². The molecule has 1 N–H and O–H groups in total. The van der Waals surface area contributed by atoms with Crippen LogP contribution >= 0.6 is 0 Å². The fourth-order valence-electron chi connectivity index (χ4n) is 2.01. The Hall–Kier alpha value is -1.09. The van der Waals surface area contributed by atoms with E-state index in [2.05, 4.69) is 24.1 Å². The number of hydrogen-bond acceptors (Lipinski definition) is 2. The Morgan fingerprint density at radius 1 is 1.21 bits per heavy atom.